The lowest BCUT2D eigenvalue weighted by molar-refractivity contribution is 0.0923. The van der Waals surface area contributed by atoms with Crippen molar-refractivity contribution in [2.24, 2.45) is 5.92 Å². The van der Waals surface area contributed by atoms with E-state index in [9.17, 15) is 13.2 Å². The minimum absolute atomic E-state index is 0.124. The summed E-state index contributed by atoms with van der Waals surface area (Å²) in [5, 5.41) is 3.06. The molecule has 5 nitrogen and oxygen atoms in total. The fraction of sp³-hybridized carbons (Fsp3) is 0.611. The molecule has 0 saturated heterocycles. The van der Waals surface area contributed by atoms with E-state index in [1.807, 2.05) is 13.8 Å². The van der Waals surface area contributed by atoms with E-state index >= 15 is 0 Å². The molecule has 0 aromatic heterocycles. The van der Waals surface area contributed by atoms with Gasteiger partial charge in [0.25, 0.3) is 5.91 Å². The van der Waals surface area contributed by atoms with Gasteiger partial charge in [-0.3, -0.25) is 4.79 Å². The van der Waals surface area contributed by atoms with Crippen molar-refractivity contribution < 1.29 is 13.2 Å². The summed E-state index contributed by atoms with van der Waals surface area (Å²) in [5.74, 6) is 0.615. The topological polar surface area (TPSA) is 66.5 Å². The molecule has 0 unspecified atom stereocenters. The number of benzene rings is 1. The van der Waals surface area contributed by atoms with E-state index in [1.54, 1.807) is 12.1 Å². The predicted molar refractivity (Wildman–Crippen MR) is 95.4 cm³/mol. The Kier molecular flexibility index (Phi) is 6.40. The zero-order valence-electron chi connectivity index (χ0n) is 14.8. The normalized spacial score (nSPS) is 21.7. The number of hydrogen-bond donors (Lipinski definition) is 1. The summed E-state index contributed by atoms with van der Waals surface area (Å²) >= 11 is 0. The largest absolute Gasteiger partial charge is 0.349 e. The molecule has 0 atom stereocenters. The van der Waals surface area contributed by atoms with Crippen LogP contribution < -0.4 is 5.32 Å². The molecule has 1 aromatic carbocycles. The second-order valence-electron chi connectivity index (χ2n) is 6.54. The molecular weight excluding hydrogens is 324 g/mol. The van der Waals surface area contributed by atoms with Gasteiger partial charge in [0.2, 0.25) is 10.0 Å². The molecule has 1 N–H and O–H groups in total. The van der Waals surface area contributed by atoms with Crippen molar-refractivity contribution in [3.63, 3.8) is 0 Å². The summed E-state index contributed by atoms with van der Waals surface area (Å²) in [4.78, 5) is 12.6. The molecule has 2 rings (SSSR count). The Morgan fingerprint density at radius 2 is 1.62 bits per heavy atom. The Bertz CT molecular complexity index is 643. The van der Waals surface area contributed by atoms with Crippen molar-refractivity contribution in [1.82, 2.24) is 9.62 Å². The van der Waals surface area contributed by atoms with Crippen LogP contribution in [0.15, 0.2) is 29.2 Å². The van der Waals surface area contributed by atoms with Gasteiger partial charge in [-0.1, -0.05) is 20.8 Å². The minimum Gasteiger partial charge on any atom is -0.349 e. The number of hydrogen-bond acceptors (Lipinski definition) is 3. The van der Waals surface area contributed by atoms with Gasteiger partial charge in [0.15, 0.2) is 0 Å². The Hall–Kier alpha value is -1.40. The van der Waals surface area contributed by atoms with Crippen molar-refractivity contribution in [3.05, 3.63) is 29.8 Å². The maximum atomic E-state index is 12.4. The lowest BCUT2D eigenvalue weighted by Crippen LogP contribution is -2.37. The van der Waals surface area contributed by atoms with Gasteiger partial charge in [0.1, 0.15) is 0 Å². The highest BCUT2D eigenvalue weighted by atomic mass is 32.2. The number of amides is 1. The van der Waals surface area contributed by atoms with Gasteiger partial charge in [-0.2, -0.15) is 4.31 Å². The summed E-state index contributed by atoms with van der Waals surface area (Å²) in [7, 11) is -3.48. The van der Waals surface area contributed by atoms with Gasteiger partial charge in [-0.25, -0.2) is 8.42 Å². The molecule has 1 saturated carbocycles. The van der Waals surface area contributed by atoms with E-state index in [1.165, 1.54) is 16.4 Å². The van der Waals surface area contributed by atoms with Crippen LogP contribution in [0, 0.1) is 5.92 Å². The van der Waals surface area contributed by atoms with Crippen LogP contribution in [0.3, 0.4) is 0 Å². The van der Waals surface area contributed by atoms with Crippen LogP contribution >= 0.6 is 0 Å². The Morgan fingerprint density at radius 1 is 1.08 bits per heavy atom. The Labute approximate surface area is 145 Å². The van der Waals surface area contributed by atoms with Crippen LogP contribution in [0.4, 0.5) is 0 Å². The fourth-order valence-electron chi connectivity index (χ4n) is 3.16. The average molecular weight is 353 g/mol. The van der Waals surface area contributed by atoms with Gasteiger partial charge >= 0.3 is 0 Å². The first-order chi connectivity index (χ1) is 11.4. The van der Waals surface area contributed by atoms with Gasteiger partial charge in [-0.05, 0) is 55.9 Å². The molecule has 0 bridgehead atoms. The van der Waals surface area contributed by atoms with E-state index in [0.29, 0.717) is 18.7 Å². The number of carbonyl (C=O) groups is 1. The first-order valence-electron chi connectivity index (χ1n) is 8.79. The quantitative estimate of drug-likeness (QED) is 0.856. The first-order valence-corrected chi connectivity index (χ1v) is 10.2. The zero-order chi connectivity index (χ0) is 17.7. The molecule has 134 valence electrons. The van der Waals surface area contributed by atoms with Gasteiger partial charge < -0.3 is 5.32 Å². The second kappa shape index (κ2) is 8.12. The van der Waals surface area contributed by atoms with Crippen LogP contribution in [-0.2, 0) is 10.0 Å². The molecule has 1 amide bonds. The number of sulfonamides is 1. The Balaban J connectivity index is 2.05. The standard InChI is InChI=1S/C18H28N2O3S/c1-4-20(5-2)24(22,23)17-12-8-15(9-13-17)18(21)19-16-10-6-14(3)7-11-16/h8-9,12-14,16H,4-7,10-11H2,1-3H3,(H,19,21). The van der Waals surface area contributed by atoms with E-state index in [2.05, 4.69) is 12.2 Å². The van der Waals surface area contributed by atoms with Crippen LogP contribution in [0.1, 0.15) is 56.8 Å². The highest BCUT2D eigenvalue weighted by Gasteiger charge is 2.23. The first kappa shape index (κ1) is 18.9. The number of nitrogens with zero attached hydrogens (tertiary/aromatic N) is 1. The molecule has 1 fully saturated rings. The zero-order valence-corrected chi connectivity index (χ0v) is 15.6. The van der Waals surface area contributed by atoms with Crippen molar-refractivity contribution >= 4 is 15.9 Å². The third-order valence-corrected chi connectivity index (χ3v) is 6.87. The van der Waals surface area contributed by atoms with Crippen LogP contribution in [0.2, 0.25) is 0 Å². The fourth-order valence-corrected chi connectivity index (χ4v) is 4.62. The third kappa shape index (κ3) is 4.36. The molecule has 0 spiro atoms. The Morgan fingerprint density at radius 3 is 2.12 bits per heavy atom. The summed E-state index contributed by atoms with van der Waals surface area (Å²) in [6.07, 6.45) is 4.32. The highest BCUT2D eigenvalue weighted by molar-refractivity contribution is 7.89. The van der Waals surface area contributed by atoms with Crippen LogP contribution in [0.5, 0.6) is 0 Å². The highest BCUT2D eigenvalue weighted by Crippen LogP contribution is 2.24. The monoisotopic (exact) mass is 352 g/mol. The molecule has 6 heteroatoms. The van der Waals surface area contributed by atoms with Crippen molar-refractivity contribution in [1.29, 1.82) is 0 Å². The van der Waals surface area contributed by atoms with Gasteiger partial charge in [0.05, 0.1) is 4.90 Å². The van der Waals surface area contributed by atoms with Crippen LogP contribution in [0.25, 0.3) is 0 Å². The molecule has 0 radical (unpaired) electrons. The van der Waals surface area contributed by atoms with Gasteiger partial charge in [0, 0.05) is 24.7 Å². The molecular formula is C18H28N2O3S. The lowest BCUT2D eigenvalue weighted by Gasteiger charge is -2.27. The van der Waals surface area contributed by atoms with Crippen LogP contribution in [-0.4, -0.2) is 37.8 Å². The molecule has 24 heavy (non-hydrogen) atoms. The van der Waals surface area contributed by atoms with E-state index in [-0.39, 0.29) is 16.8 Å². The number of rotatable bonds is 6. The summed E-state index contributed by atoms with van der Waals surface area (Å²) in [5.41, 5.74) is 0.507. The smallest absolute Gasteiger partial charge is 0.251 e. The molecule has 0 aliphatic heterocycles. The number of carbonyl (C=O) groups excluding carboxylic acids is 1. The van der Waals surface area contributed by atoms with E-state index < -0.39 is 10.0 Å². The molecule has 1 aliphatic carbocycles. The third-order valence-electron chi connectivity index (χ3n) is 4.81. The summed E-state index contributed by atoms with van der Waals surface area (Å²) < 4.78 is 26.3. The maximum Gasteiger partial charge on any atom is 0.251 e. The minimum atomic E-state index is -3.48. The predicted octanol–water partition coefficient (Wildman–Crippen LogP) is 3.03. The summed E-state index contributed by atoms with van der Waals surface area (Å²) in [6.45, 7) is 6.73. The SMILES string of the molecule is CCN(CC)S(=O)(=O)c1ccc(C(=O)NC2CCC(C)CC2)cc1. The van der Waals surface area contributed by atoms with Crippen molar-refractivity contribution in [2.75, 3.05) is 13.1 Å². The van der Waals surface area contributed by atoms with Gasteiger partial charge in [-0.15, -0.1) is 0 Å². The molecule has 1 aromatic rings. The maximum absolute atomic E-state index is 12.4. The number of nitrogens with one attached hydrogen (secondary N) is 1. The lowest BCUT2D eigenvalue weighted by atomic mass is 9.87. The van der Waals surface area contributed by atoms with Crippen molar-refractivity contribution in [2.45, 2.75) is 57.4 Å². The molecule has 1 aliphatic rings. The van der Waals surface area contributed by atoms with Crippen molar-refractivity contribution in [3.8, 4) is 0 Å². The summed E-state index contributed by atoms with van der Waals surface area (Å²) in [6, 6.07) is 6.46. The second-order valence-corrected chi connectivity index (χ2v) is 8.48. The molecule has 0 heterocycles. The van der Waals surface area contributed by atoms with E-state index in [4.69, 9.17) is 0 Å². The average Bonchev–Trinajstić information content (AvgIpc) is 2.58. The van der Waals surface area contributed by atoms with E-state index in [0.717, 1.165) is 31.6 Å².